The van der Waals surface area contributed by atoms with Crippen LogP contribution in [0.3, 0.4) is 0 Å². The van der Waals surface area contributed by atoms with Crippen LogP contribution in [0.5, 0.6) is 0 Å². The van der Waals surface area contributed by atoms with Crippen molar-refractivity contribution in [2.75, 3.05) is 0 Å². The number of hydrogen-bond acceptors (Lipinski definition) is 1. The van der Waals surface area contributed by atoms with Gasteiger partial charge in [0.25, 0.3) is 0 Å². The van der Waals surface area contributed by atoms with Crippen LogP contribution in [0.4, 0.5) is 4.39 Å². The number of halogens is 1. The van der Waals surface area contributed by atoms with Crippen molar-refractivity contribution in [3.8, 4) is 0 Å². The van der Waals surface area contributed by atoms with Crippen molar-refractivity contribution in [2.45, 2.75) is 20.8 Å². The number of aliphatic imine (C=N–C) groups is 1. The average Bonchev–Trinajstić information content (AvgIpc) is 2.18. The van der Waals surface area contributed by atoms with Crippen molar-refractivity contribution < 1.29 is 4.39 Å². The van der Waals surface area contributed by atoms with Gasteiger partial charge < -0.3 is 0 Å². The minimum atomic E-state index is -0.198. The van der Waals surface area contributed by atoms with Crippen LogP contribution in [0.25, 0.3) is 5.57 Å². The summed E-state index contributed by atoms with van der Waals surface area (Å²) >= 11 is 0. The van der Waals surface area contributed by atoms with Gasteiger partial charge in [-0.15, -0.1) is 0 Å². The molecule has 0 unspecified atom stereocenters. The Morgan fingerprint density at radius 2 is 1.93 bits per heavy atom. The molecule has 1 nitrogen and oxygen atoms in total. The summed E-state index contributed by atoms with van der Waals surface area (Å²) in [6.07, 6.45) is 1.71. The van der Waals surface area contributed by atoms with E-state index in [0.717, 1.165) is 11.3 Å². The predicted molar refractivity (Wildman–Crippen MR) is 58.8 cm³/mol. The highest BCUT2D eigenvalue weighted by Gasteiger charge is 2.04. The third-order valence-corrected chi connectivity index (χ3v) is 2.14. The highest BCUT2D eigenvalue weighted by atomic mass is 19.1. The average molecular weight is 191 g/mol. The van der Waals surface area contributed by atoms with Gasteiger partial charge in [0.1, 0.15) is 5.82 Å². The predicted octanol–water partition coefficient (Wildman–Crippen LogP) is 3.67. The molecule has 0 amide bonds. The molecule has 1 aromatic carbocycles. The molecule has 0 heterocycles. The van der Waals surface area contributed by atoms with E-state index in [-0.39, 0.29) is 5.82 Å². The lowest BCUT2D eigenvalue weighted by atomic mass is 10.1. The van der Waals surface area contributed by atoms with Crippen LogP contribution in [0, 0.1) is 5.82 Å². The number of hydrogen-bond donors (Lipinski definition) is 0. The first-order chi connectivity index (χ1) is 6.66. The van der Waals surface area contributed by atoms with E-state index in [0.29, 0.717) is 5.56 Å². The maximum Gasteiger partial charge on any atom is 0.130 e. The second-order valence-corrected chi connectivity index (χ2v) is 3.08. The first kappa shape index (κ1) is 10.6. The molecular formula is C12H14FN. The highest BCUT2D eigenvalue weighted by molar-refractivity contribution is 5.69. The molecule has 0 bridgehead atoms. The van der Waals surface area contributed by atoms with Crippen LogP contribution in [-0.2, 0) is 0 Å². The van der Waals surface area contributed by atoms with Crippen LogP contribution >= 0.6 is 0 Å². The van der Waals surface area contributed by atoms with E-state index in [1.54, 1.807) is 18.3 Å². The molecule has 0 aliphatic rings. The Hall–Kier alpha value is -1.44. The quantitative estimate of drug-likeness (QED) is 0.632. The topological polar surface area (TPSA) is 12.4 Å². The smallest absolute Gasteiger partial charge is 0.130 e. The standard InChI is InChI=1S/C12H14FN/c1-4-14-10(3)9(2)11-7-5-6-8-12(11)13/h4-8H,1-3H3/b10-9+,14-4-. The molecule has 0 spiro atoms. The lowest BCUT2D eigenvalue weighted by molar-refractivity contribution is 0.623. The summed E-state index contributed by atoms with van der Waals surface area (Å²) in [5, 5.41) is 0. The molecule has 14 heavy (non-hydrogen) atoms. The van der Waals surface area contributed by atoms with Gasteiger partial charge in [-0.2, -0.15) is 0 Å². The molecule has 0 aliphatic heterocycles. The summed E-state index contributed by atoms with van der Waals surface area (Å²) in [7, 11) is 0. The minimum Gasteiger partial charge on any atom is -0.266 e. The number of benzene rings is 1. The fourth-order valence-electron chi connectivity index (χ4n) is 1.25. The molecule has 0 aromatic heterocycles. The SMILES string of the molecule is C/C=N\C(C)=C(/C)c1ccccc1F. The molecule has 0 saturated heterocycles. The number of nitrogens with zero attached hydrogens (tertiary/aromatic N) is 1. The summed E-state index contributed by atoms with van der Waals surface area (Å²) in [4.78, 5) is 4.13. The highest BCUT2D eigenvalue weighted by Crippen LogP contribution is 2.21. The van der Waals surface area contributed by atoms with Crippen LogP contribution in [0.15, 0.2) is 35.0 Å². The van der Waals surface area contributed by atoms with E-state index in [9.17, 15) is 4.39 Å². The Morgan fingerprint density at radius 1 is 1.29 bits per heavy atom. The Labute approximate surface area is 84.0 Å². The first-order valence-electron chi connectivity index (χ1n) is 4.58. The zero-order valence-electron chi connectivity index (χ0n) is 8.71. The minimum absolute atomic E-state index is 0.198. The van der Waals surface area contributed by atoms with Gasteiger partial charge in [-0.25, -0.2) is 4.39 Å². The fourth-order valence-corrected chi connectivity index (χ4v) is 1.25. The molecule has 1 rings (SSSR count). The van der Waals surface area contributed by atoms with Gasteiger partial charge in [0.2, 0.25) is 0 Å². The van der Waals surface area contributed by atoms with Crippen molar-refractivity contribution in [3.05, 3.63) is 41.3 Å². The molecule has 2 heteroatoms. The van der Waals surface area contributed by atoms with E-state index in [2.05, 4.69) is 4.99 Å². The Bertz CT molecular complexity index is 378. The lowest BCUT2D eigenvalue weighted by Gasteiger charge is -2.04. The van der Waals surface area contributed by atoms with Crippen molar-refractivity contribution in [3.63, 3.8) is 0 Å². The normalized spacial score (nSPS) is 13.1. The summed E-state index contributed by atoms with van der Waals surface area (Å²) in [5.74, 6) is -0.198. The molecule has 74 valence electrons. The van der Waals surface area contributed by atoms with Gasteiger partial charge >= 0.3 is 0 Å². The van der Waals surface area contributed by atoms with Gasteiger partial charge in [0, 0.05) is 17.5 Å². The van der Waals surface area contributed by atoms with E-state index >= 15 is 0 Å². The molecule has 0 saturated carbocycles. The van der Waals surface area contributed by atoms with Crippen molar-refractivity contribution in [1.82, 2.24) is 0 Å². The van der Waals surface area contributed by atoms with Crippen LogP contribution < -0.4 is 0 Å². The summed E-state index contributed by atoms with van der Waals surface area (Å²) in [6.45, 7) is 5.60. The van der Waals surface area contributed by atoms with Crippen LogP contribution in [-0.4, -0.2) is 6.21 Å². The molecule has 1 aromatic rings. The second-order valence-electron chi connectivity index (χ2n) is 3.08. The zero-order valence-corrected chi connectivity index (χ0v) is 8.71. The van der Waals surface area contributed by atoms with Gasteiger partial charge in [-0.1, -0.05) is 18.2 Å². The molecule has 0 radical (unpaired) electrons. The Balaban J connectivity index is 3.18. The lowest BCUT2D eigenvalue weighted by Crippen LogP contribution is -1.88. The Morgan fingerprint density at radius 3 is 2.50 bits per heavy atom. The molecule has 0 N–H and O–H groups in total. The molecular weight excluding hydrogens is 177 g/mol. The maximum absolute atomic E-state index is 13.4. The van der Waals surface area contributed by atoms with Gasteiger partial charge in [0.15, 0.2) is 0 Å². The van der Waals surface area contributed by atoms with E-state index in [1.807, 2.05) is 26.8 Å². The number of allylic oxidation sites excluding steroid dienone is 2. The maximum atomic E-state index is 13.4. The third-order valence-electron chi connectivity index (χ3n) is 2.14. The third kappa shape index (κ3) is 2.28. The molecule has 0 aliphatic carbocycles. The van der Waals surface area contributed by atoms with Crippen molar-refractivity contribution >= 4 is 11.8 Å². The largest absolute Gasteiger partial charge is 0.266 e. The Kier molecular flexibility index (Phi) is 3.57. The summed E-state index contributed by atoms with van der Waals surface area (Å²) in [5.41, 5.74) is 2.34. The summed E-state index contributed by atoms with van der Waals surface area (Å²) < 4.78 is 13.4. The van der Waals surface area contributed by atoms with Crippen LogP contribution in [0.2, 0.25) is 0 Å². The number of rotatable bonds is 2. The molecule has 0 fully saturated rings. The summed E-state index contributed by atoms with van der Waals surface area (Å²) in [6, 6.07) is 6.73. The fraction of sp³-hybridized carbons (Fsp3) is 0.250. The van der Waals surface area contributed by atoms with Gasteiger partial charge in [-0.3, -0.25) is 4.99 Å². The van der Waals surface area contributed by atoms with E-state index < -0.39 is 0 Å². The van der Waals surface area contributed by atoms with E-state index in [4.69, 9.17) is 0 Å². The first-order valence-corrected chi connectivity index (χ1v) is 4.58. The van der Waals surface area contributed by atoms with Crippen molar-refractivity contribution in [1.29, 1.82) is 0 Å². The second kappa shape index (κ2) is 4.70. The zero-order chi connectivity index (χ0) is 10.6. The van der Waals surface area contributed by atoms with E-state index in [1.165, 1.54) is 6.07 Å². The van der Waals surface area contributed by atoms with Crippen molar-refractivity contribution in [2.24, 2.45) is 4.99 Å². The van der Waals surface area contributed by atoms with Crippen LogP contribution in [0.1, 0.15) is 26.3 Å². The monoisotopic (exact) mass is 191 g/mol. The van der Waals surface area contributed by atoms with Gasteiger partial charge in [0.05, 0.1) is 0 Å². The van der Waals surface area contributed by atoms with Gasteiger partial charge in [-0.05, 0) is 32.4 Å². The molecule has 0 atom stereocenters.